The molecule has 0 aromatic carbocycles. The fourth-order valence-electron chi connectivity index (χ4n) is 3.61. The number of hydrogen-bond acceptors (Lipinski definition) is 1. The first-order valence-electron chi connectivity index (χ1n) is 6.79. The van der Waals surface area contributed by atoms with Crippen molar-refractivity contribution in [1.29, 1.82) is 0 Å². The van der Waals surface area contributed by atoms with Crippen LogP contribution < -0.4 is 0 Å². The molecule has 3 rings (SSSR count). The topological polar surface area (TPSA) is 9.23 Å². The predicted molar refractivity (Wildman–Crippen MR) is 63.9 cm³/mol. The van der Waals surface area contributed by atoms with Gasteiger partial charge in [0.1, 0.15) is 0 Å². The highest BCUT2D eigenvalue weighted by molar-refractivity contribution is 4.96. The third-order valence-electron chi connectivity index (χ3n) is 4.47. The molecule has 1 heteroatoms. The van der Waals surface area contributed by atoms with Crippen LogP contribution in [0.15, 0.2) is 0 Å². The van der Waals surface area contributed by atoms with E-state index in [1.165, 1.54) is 44.9 Å². The Morgan fingerprint density at radius 1 is 1.20 bits per heavy atom. The number of fused-ring (bicyclic) bond motifs is 3. The van der Waals surface area contributed by atoms with Crippen LogP contribution in [0.1, 0.15) is 65.7 Å². The molecule has 1 aliphatic carbocycles. The molecular formula is C14H26O. The van der Waals surface area contributed by atoms with E-state index < -0.39 is 0 Å². The quantitative estimate of drug-likeness (QED) is 0.633. The minimum Gasteiger partial charge on any atom is -0.375 e. The van der Waals surface area contributed by atoms with Gasteiger partial charge in [-0.3, -0.25) is 0 Å². The van der Waals surface area contributed by atoms with E-state index in [1.54, 1.807) is 0 Å². The highest BCUT2D eigenvalue weighted by Gasteiger charge is 2.46. The van der Waals surface area contributed by atoms with Crippen molar-refractivity contribution in [2.24, 2.45) is 11.3 Å². The van der Waals surface area contributed by atoms with Gasteiger partial charge in [-0.1, -0.05) is 40.0 Å². The monoisotopic (exact) mass is 210 g/mol. The predicted octanol–water partition coefficient (Wildman–Crippen LogP) is 4.16. The van der Waals surface area contributed by atoms with E-state index in [0.29, 0.717) is 17.6 Å². The van der Waals surface area contributed by atoms with E-state index >= 15 is 0 Å². The van der Waals surface area contributed by atoms with Gasteiger partial charge in [0.2, 0.25) is 0 Å². The maximum atomic E-state index is 6.17. The Labute approximate surface area is 94.6 Å². The molecule has 2 bridgehead atoms. The Morgan fingerprint density at radius 2 is 2.00 bits per heavy atom. The molecule has 2 heterocycles. The molecule has 3 atom stereocenters. The van der Waals surface area contributed by atoms with E-state index in [2.05, 4.69) is 20.8 Å². The van der Waals surface area contributed by atoms with E-state index in [-0.39, 0.29) is 0 Å². The van der Waals surface area contributed by atoms with Gasteiger partial charge < -0.3 is 4.74 Å². The summed E-state index contributed by atoms with van der Waals surface area (Å²) in [5.74, 6) is 0.833. The first-order valence-corrected chi connectivity index (χ1v) is 6.79. The first-order chi connectivity index (χ1) is 7.13. The van der Waals surface area contributed by atoms with Gasteiger partial charge in [-0.2, -0.15) is 0 Å². The Morgan fingerprint density at radius 3 is 2.60 bits per heavy atom. The third-order valence-corrected chi connectivity index (χ3v) is 4.47. The number of unbranched alkanes of at least 4 members (excludes halogenated alkanes) is 2. The summed E-state index contributed by atoms with van der Waals surface area (Å²) >= 11 is 0. The average Bonchev–Trinajstić information content (AvgIpc) is 2.17. The molecule has 0 aromatic rings. The van der Waals surface area contributed by atoms with Gasteiger partial charge in [0.15, 0.2) is 0 Å². The van der Waals surface area contributed by atoms with E-state index in [1.807, 2.05) is 0 Å². The molecule has 15 heavy (non-hydrogen) atoms. The number of hydrogen-bond donors (Lipinski definition) is 0. The van der Waals surface area contributed by atoms with Crippen molar-refractivity contribution in [3.63, 3.8) is 0 Å². The maximum absolute atomic E-state index is 6.17. The minimum atomic E-state index is 0.540. The first kappa shape index (κ1) is 11.4. The van der Waals surface area contributed by atoms with Gasteiger partial charge >= 0.3 is 0 Å². The molecule has 3 aliphatic rings. The van der Waals surface area contributed by atoms with Crippen LogP contribution in [0.4, 0.5) is 0 Å². The van der Waals surface area contributed by atoms with Crippen molar-refractivity contribution in [2.75, 3.05) is 0 Å². The zero-order chi connectivity index (χ0) is 10.9. The molecule has 0 N–H and O–H groups in total. The lowest BCUT2D eigenvalue weighted by molar-refractivity contribution is -0.179. The van der Waals surface area contributed by atoms with E-state index in [4.69, 9.17) is 4.74 Å². The maximum Gasteiger partial charge on any atom is 0.0612 e. The Kier molecular flexibility index (Phi) is 3.39. The summed E-state index contributed by atoms with van der Waals surface area (Å²) in [6, 6.07) is 0. The van der Waals surface area contributed by atoms with Crippen molar-refractivity contribution in [1.82, 2.24) is 0 Å². The molecule has 88 valence electrons. The van der Waals surface area contributed by atoms with E-state index in [9.17, 15) is 0 Å². The van der Waals surface area contributed by atoms with Crippen molar-refractivity contribution in [2.45, 2.75) is 77.9 Å². The standard InChI is InChI=1S/C14H26O/c1-4-5-6-7-13-12-9-8-11(15-13)10-14(12,2)3/h11-13H,4-10H2,1-3H3. The summed E-state index contributed by atoms with van der Waals surface area (Å²) in [6.07, 6.45) is 10.5. The normalized spacial score (nSPS) is 38.2. The van der Waals surface area contributed by atoms with Crippen LogP contribution in [0.5, 0.6) is 0 Å². The molecule has 3 fully saturated rings. The Hall–Kier alpha value is -0.0400. The van der Waals surface area contributed by atoms with Gasteiger partial charge in [-0.15, -0.1) is 0 Å². The molecule has 2 saturated heterocycles. The second-order valence-corrected chi connectivity index (χ2v) is 6.17. The van der Waals surface area contributed by atoms with Gasteiger partial charge in [0.05, 0.1) is 12.2 Å². The largest absolute Gasteiger partial charge is 0.375 e. The summed E-state index contributed by atoms with van der Waals surface area (Å²) in [5.41, 5.74) is 0.540. The van der Waals surface area contributed by atoms with Gasteiger partial charge in [0, 0.05) is 0 Å². The zero-order valence-electron chi connectivity index (χ0n) is 10.6. The molecule has 0 radical (unpaired) electrons. The second-order valence-electron chi connectivity index (χ2n) is 6.17. The Bertz CT molecular complexity index is 209. The van der Waals surface area contributed by atoms with Crippen molar-refractivity contribution < 1.29 is 4.74 Å². The molecular weight excluding hydrogens is 184 g/mol. The van der Waals surface area contributed by atoms with Crippen LogP contribution in [0.2, 0.25) is 0 Å². The van der Waals surface area contributed by atoms with Crippen LogP contribution in [-0.2, 0) is 4.74 Å². The fraction of sp³-hybridized carbons (Fsp3) is 1.00. The van der Waals surface area contributed by atoms with Gasteiger partial charge in [-0.05, 0) is 37.0 Å². The highest BCUT2D eigenvalue weighted by Crippen LogP contribution is 2.50. The summed E-state index contributed by atoms with van der Waals surface area (Å²) in [6.45, 7) is 7.16. The molecule has 0 spiro atoms. The molecule has 1 saturated carbocycles. The SMILES string of the molecule is CCCCCC1OC2CCC1C(C)(C)C2. The summed E-state index contributed by atoms with van der Waals surface area (Å²) < 4.78 is 6.17. The van der Waals surface area contributed by atoms with Crippen molar-refractivity contribution >= 4 is 0 Å². The molecule has 0 aromatic heterocycles. The van der Waals surface area contributed by atoms with Gasteiger partial charge in [0.25, 0.3) is 0 Å². The number of rotatable bonds is 4. The molecule has 0 amide bonds. The highest BCUT2D eigenvalue weighted by atomic mass is 16.5. The molecule has 1 nitrogen and oxygen atoms in total. The second kappa shape index (κ2) is 4.45. The summed E-state index contributed by atoms with van der Waals surface area (Å²) in [4.78, 5) is 0. The van der Waals surface area contributed by atoms with Crippen molar-refractivity contribution in [3.8, 4) is 0 Å². The Balaban J connectivity index is 1.90. The molecule has 2 aliphatic heterocycles. The lowest BCUT2D eigenvalue weighted by Crippen LogP contribution is -2.50. The average molecular weight is 210 g/mol. The van der Waals surface area contributed by atoms with Crippen LogP contribution in [0.25, 0.3) is 0 Å². The minimum absolute atomic E-state index is 0.540. The smallest absolute Gasteiger partial charge is 0.0612 e. The fourth-order valence-corrected chi connectivity index (χ4v) is 3.61. The summed E-state index contributed by atoms with van der Waals surface area (Å²) in [5, 5.41) is 0. The van der Waals surface area contributed by atoms with E-state index in [0.717, 1.165) is 5.92 Å². The van der Waals surface area contributed by atoms with Crippen molar-refractivity contribution in [3.05, 3.63) is 0 Å². The van der Waals surface area contributed by atoms with Crippen LogP contribution >= 0.6 is 0 Å². The lowest BCUT2D eigenvalue weighted by atomic mass is 9.63. The zero-order valence-corrected chi connectivity index (χ0v) is 10.6. The van der Waals surface area contributed by atoms with Crippen LogP contribution in [0.3, 0.4) is 0 Å². The lowest BCUT2D eigenvalue weighted by Gasteiger charge is -2.52. The van der Waals surface area contributed by atoms with Crippen LogP contribution in [0, 0.1) is 11.3 Å². The van der Waals surface area contributed by atoms with Crippen LogP contribution in [-0.4, -0.2) is 12.2 Å². The molecule has 3 unspecified atom stereocenters. The third kappa shape index (κ3) is 2.38. The number of ether oxygens (including phenoxy) is 1. The van der Waals surface area contributed by atoms with Gasteiger partial charge in [-0.25, -0.2) is 0 Å². The summed E-state index contributed by atoms with van der Waals surface area (Å²) in [7, 11) is 0.